The summed E-state index contributed by atoms with van der Waals surface area (Å²) in [6, 6.07) is 10.8. The van der Waals surface area contributed by atoms with Crippen LogP contribution in [0.4, 0.5) is 0 Å². The molecule has 6 heteroatoms. The Morgan fingerprint density at radius 2 is 1.73 bits per heavy atom. The largest absolute Gasteiger partial charge is 0.507 e. The van der Waals surface area contributed by atoms with E-state index in [9.17, 15) is 14.7 Å². The average molecular weight is 356 g/mol. The minimum absolute atomic E-state index is 0.141. The third kappa shape index (κ3) is 5.88. The van der Waals surface area contributed by atoms with E-state index >= 15 is 0 Å². The van der Waals surface area contributed by atoms with E-state index < -0.39 is 0 Å². The summed E-state index contributed by atoms with van der Waals surface area (Å²) < 4.78 is 4.58. The van der Waals surface area contributed by atoms with E-state index in [4.69, 9.17) is 0 Å². The molecule has 0 atom stereocenters. The molecule has 2 aromatic rings. The van der Waals surface area contributed by atoms with Gasteiger partial charge in [-0.3, -0.25) is 9.59 Å². The van der Waals surface area contributed by atoms with Gasteiger partial charge in [0, 0.05) is 23.8 Å². The van der Waals surface area contributed by atoms with Crippen LogP contribution in [0, 0.1) is 0 Å². The number of hydrogen-bond acceptors (Lipinski definition) is 5. The normalized spacial score (nSPS) is 11.0. The van der Waals surface area contributed by atoms with Gasteiger partial charge in [0.1, 0.15) is 5.75 Å². The van der Waals surface area contributed by atoms with Gasteiger partial charge in [-0.15, -0.1) is 0 Å². The quantitative estimate of drug-likeness (QED) is 0.311. The molecule has 2 rings (SSSR count). The fourth-order valence-electron chi connectivity index (χ4n) is 2.66. The molecule has 0 saturated heterocycles. The molecule has 138 valence electrons. The number of phenolic OH excluding ortho intramolecular Hbond substituents is 1. The minimum Gasteiger partial charge on any atom is -0.507 e. The van der Waals surface area contributed by atoms with E-state index in [2.05, 4.69) is 15.3 Å². The lowest BCUT2D eigenvalue weighted by molar-refractivity contribution is -0.140. The molecular formula is C20H24N2O4. The van der Waals surface area contributed by atoms with Crippen molar-refractivity contribution in [2.45, 2.75) is 38.5 Å². The zero-order valence-corrected chi connectivity index (χ0v) is 14.9. The Morgan fingerprint density at radius 3 is 2.46 bits per heavy atom. The molecule has 0 aliphatic heterocycles. The van der Waals surface area contributed by atoms with E-state index in [0.29, 0.717) is 12.8 Å². The number of hydrogen-bond donors (Lipinski definition) is 2. The van der Waals surface area contributed by atoms with Gasteiger partial charge in [0.15, 0.2) is 0 Å². The fraction of sp³-hybridized carbons (Fsp3) is 0.350. The number of amides is 1. The Labute approximate surface area is 152 Å². The van der Waals surface area contributed by atoms with Crippen LogP contribution >= 0.6 is 0 Å². The van der Waals surface area contributed by atoms with Gasteiger partial charge < -0.3 is 9.84 Å². The molecule has 0 heterocycles. The summed E-state index contributed by atoms with van der Waals surface area (Å²) in [7, 11) is 1.38. The monoisotopic (exact) mass is 356 g/mol. The Bertz CT molecular complexity index is 786. The Morgan fingerprint density at radius 1 is 1.04 bits per heavy atom. The van der Waals surface area contributed by atoms with E-state index in [1.54, 1.807) is 18.3 Å². The van der Waals surface area contributed by atoms with Crippen LogP contribution < -0.4 is 5.43 Å². The first-order chi connectivity index (χ1) is 12.6. The molecule has 2 N–H and O–H groups in total. The standard InChI is InChI=1S/C20H24N2O4/c1-26-20(25)11-5-3-2-4-10-19(24)22-21-14-15-12-13-18(23)17-9-7-6-8-16(15)17/h6-9,12-14,23H,2-5,10-11H2,1H3,(H,22,24)/b21-14+. The SMILES string of the molecule is COC(=O)CCCCCCC(=O)N/N=C/c1ccc(O)c2ccccc12. The lowest BCUT2D eigenvalue weighted by atomic mass is 10.0. The summed E-state index contributed by atoms with van der Waals surface area (Å²) in [6.45, 7) is 0. The van der Waals surface area contributed by atoms with Gasteiger partial charge in [0.25, 0.3) is 0 Å². The van der Waals surface area contributed by atoms with Crippen molar-refractivity contribution in [3.8, 4) is 5.75 Å². The number of carbonyl (C=O) groups excluding carboxylic acids is 2. The van der Waals surface area contributed by atoms with Crippen LogP contribution in [0.25, 0.3) is 10.8 Å². The van der Waals surface area contributed by atoms with Crippen molar-refractivity contribution in [2.75, 3.05) is 7.11 Å². The minimum atomic E-state index is -0.196. The topological polar surface area (TPSA) is 88.0 Å². The summed E-state index contributed by atoms with van der Waals surface area (Å²) in [5.41, 5.74) is 3.34. The molecule has 1 amide bonds. The van der Waals surface area contributed by atoms with Crippen molar-refractivity contribution in [2.24, 2.45) is 5.10 Å². The number of benzene rings is 2. The number of ether oxygens (including phenoxy) is 1. The maximum absolute atomic E-state index is 11.8. The van der Waals surface area contributed by atoms with Crippen molar-refractivity contribution in [3.05, 3.63) is 42.0 Å². The van der Waals surface area contributed by atoms with E-state index in [1.807, 2.05) is 24.3 Å². The number of methoxy groups -OCH3 is 1. The molecule has 0 aliphatic rings. The Hall–Kier alpha value is -2.89. The molecule has 6 nitrogen and oxygen atoms in total. The average Bonchev–Trinajstić information content (AvgIpc) is 2.66. The van der Waals surface area contributed by atoms with Crippen molar-refractivity contribution in [1.82, 2.24) is 5.43 Å². The van der Waals surface area contributed by atoms with Crippen molar-refractivity contribution in [3.63, 3.8) is 0 Å². The number of phenols is 1. The molecule has 0 radical (unpaired) electrons. The van der Waals surface area contributed by atoms with Gasteiger partial charge in [0.05, 0.1) is 13.3 Å². The number of carbonyl (C=O) groups is 2. The van der Waals surface area contributed by atoms with Crippen LogP contribution in [0.3, 0.4) is 0 Å². The van der Waals surface area contributed by atoms with Crippen molar-refractivity contribution >= 4 is 28.9 Å². The maximum atomic E-state index is 11.8. The Balaban J connectivity index is 1.74. The van der Waals surface area contributed by atoms with Gasteiger partial charge in [0.2, 0.25) is 5.91 Å². The summed E-state index contributed by atoms with van der Waals surface area (Å²) in [6.07, 6.45) is 5.71. The lowest BCUT2D eigenvalue weighted by Crippen LogP contribution is -2.16. The van der Waals surface area contributed by atoms with Crippen LogP contribution in [-0.4, -0.2) is 30.3 Å². The van der Waals surface area contributed by atoms with Crippen LogP contribution in [-0.2, 0) is 14.3 Å². The van der Waals surface area contributed by atoms with Gasteiger partial charge >= 0.3 is 5.97 Å². The Kier molecular flexibility index (Phi) is 7.61. The second kappa shape index (κ2) is 10.2. The zero-order valence-electron chi connectivity index (χ0n) is 14.9. The number of hydrazone groups is 1. The predicted octanol–water partition coefficient (Wildman–Crippen LogP) is 3.51. The molecule has 0 spiro atoms. The van der Waals surface area contributed by atoms with Gasteiger partial charge in [-0.1, -0.05) is 37.1 Å². The first-order valence-corrected chi connectivity index (χ1v) is 8.71. The zero-order chi connectivity index (χ0) is 18.8. The first kappa shape index (κ1) is 19.4. The summed E-state index contributed by atoms with van der Waals surface area (Å²) in [5, 5.41) is 15.5. The number of nitrogens with zero attached hydrogens (tertiary/aromatic N) is 1. The summed E-state index contributed by atoms with van der Waals surface area (Å²) >= 11 is 0. The highest BCUT2D eigenvalue weighted by atomic mass is 16.5. The molecular weight excluding hydrogens is 332 g/mol. The number of nitrogens with one attached hydrogen (secondary N) is 1. The van der Waals surface area contributed by atoms with Gasteiger partial charge in [-0.25, -0.2) is 5.43 Å². The first-order valence-electron chi connectivity index (χ1n) is 8.71. The molecule has 0 unspecified atom stereocenters. The lowest BCUT2D eigenvalue weighted by Gasteiger charge is -2.04. The number of esters is 1. The molecule has 0 bridgehead atoms. The third-order valence-corrected chi connectivity index (χ3v) is 4.09. The highest BCUT2D eigenvalue weighted by molar-refractivity contribution is 6.02. The highest BCUT2D eigenvalue weighted by Crippen LogP contribution is 2.26. The second-order valence-electron chi connectivity index (χ2n) is 6.00. The highest BCUT2D eigenvalue weighted by Gasteiger charge is 2.04. The molecule has 0 aromatic heterocycles. The van der Waals surface area contributed by atoms with Gasteiger partial charge in [-0.2, -0.15) is 5.10 Å². The predicted molar refractivity (Wildman–Crippen MR) is 101 cm³/mol. The maximum Gasteiger partial charge on any atom is 0.305 e. The number of fused-ring (bicyclic) bond motifs is 1. The van der Waals surface area contributed by atoms with Crippen LogP contribution in [0.5, 0.6) is 5.75 Å². The molecule has 0 aliphatic carbocycles. The van der Waals surface area contributed by atoms with Crippen molar-refractivity contribution in [1.29, 1.82) is 0 Å². The van der Waals surface area contributed by atoms with Crippen LogP contribution in [0.15, 0.2) is 41.5 Å². The van der Waals surface area contributed by atoms with Gasteiger partial charge in [-0.05, 0) is 30.4 Å². The smallest absolute Gasteiger partial charge is 0.305 e. The van der Waals surface area contributed by atoms with E-state index in [1.165, 1.54) is 7.11 Å². The second-order valence-corrected chi connectivity index (χ2v) is 6.00. The summed E-state index contributed by atoms with van der Waals surface area (Å²) in [5.74, 6) is -0.120. The van der Waals surface area contributed by atoms with E-state index in [0.717, 1.165) is 42.0 Å². The number of rotatable bonds is 9. The molecule has 2 aromatic carbocycles. The molecule has 0 saturated carbocycles. The molecule has 26 heavy (non-hydrogen) atoms. The van der Waals surface area contributed by atoms with Crippen molar-refractivity contribution < 1.29 is 19.4 Å². The number of aromatic hydroxyl groups is 1. The van der Waals surface area contributed by atoms with E-state index in [-0.39, 0.29) is 17.6 Å². The number of unbranched alkanes of at least 4 members (excludes halogenated alkanes) is 3. The fourth-order valence-corrected chi connectivity index (χ4v) is 2.66. The van der Waals surface area contributed by atoms with Crippen LogP contribution in [0.2, 0.25) is 0 Å². The van der Waals surface area contributed by atoms with Crippen LogP contribution in [0.1, 0.15) is 44.1 Å². The molecule has 0 fully saturated rings. The summed E-state index contributed by atoms with van der Waals surface area (Å²) in [4.78, 5) is 22.8. The third-order valence-electron chi connectivity index (χ3n) is 4.09.